The minimum Gasteiger partial charge on any atom is -0.468 e. The van der Waals surface area contributed by atoms with Gasteiger partial charge in [0.2, 0.25) is 5.88 Å². The molecule has 1 N–H and O–H groups in total. The molecule has 10 heteroatoms. The molecule has 3 heterocycles. The standard InChI is InChI=1S/C21H31F3N4O3/c1-25-20(27-13-16-5-6-19(26-12-16)31-15-21(22,23)24)28-9-7-17(8-10-28)30-14-18-4-2-3-11-29-18/h5-6,12,17-18H,2-4,7-11,13-15H2,1H3,(H,25,27). The highest BCUT2D eigenvalue weighted by Gasteiger charge is 2.28. The third kappa shape index (κ3) is 8.17. The number of nitrogens with one attached hydrogen (secondary N) is 1. The Hall–Kier alpha value is -2.07. The minimum atomic E-state index is -4.38. The fourth-order valence-electron chi connectivity index (χ4n) is 3.69. The number of rotatable bonds is 7. The average Bonchev–Trinajstić information content (AvgIpc) is 2.78. The van der Waals surface area contributed by atoms with Crippen molar-refractivity contribution in [1.82, 2.24) is 15.2 Å². The summed E-state index contributed by atoms with van der Waals surface area (Å²) < 4.78 is 53.0. The molecule has 0 bridgehead atoms. The van der Waals surface area contributed by atoms with Crippen LogP contribution >= 0.6 is 0 Å². The molecule has 31 heavy (non-hydrogen) atoms. The molecule has 3 rings (SSSR count). The van der Waals surface area contributed by atoms with Crippen LogP contribution in [-0.4, -0.2) is 74.2 Å². The number of aromatic nitrogens is 1. The SMILES string of the molecule is CN=C(NCc1ccc(OCC(F)(F)F)nc1)N1CCC(OCC2CCCCO2)CC1. The fourth-order valence-corrected chi connectivity index (χ4v) is 3.69. The molecule has 174 valence electrons. The molecule has 0 aromatic carbocycles. The van der Waals surface area contributed by atoms with Crippen LogP contribution in [0, 0.1) is 0 Å². The van der Waals surface area contributed by atoms with E-state index in [2.05, 4.69) is 24.9 Å². The van der Waals surface area contributed by atoms with Gasteiger partial charge in [0.05, 0.1) is 18.8 Å². The number of likely N-dealkylation sites (tertiary alicyclic amines) is 1. The fraction of sp³-hybridized carbons (Fsp3) is 0.714. The molecular formula is C21H31F3N4O3. The summed E-state index contributed by atoms with van der Waals surface area (Å²) in [6, 6.07) is 3.12. The van der Waals surface area contributed by atoms with Crippen LogP contribution < -0.4 is 10.1 Å². The van der Waals surface area contributed by atoms with E-state index >= 15 is 0 Å². The van der Waals surface area contributed by atoms with Gasteiger partial charge in [-0.1, -0.05) is 6.07 Å². The van der Waals surface area contributed by atoms with Gasteiger partial charge in [0.25, 0.3) is 0 Å². The zero-order valence-corrected chi connectivity index (χ0v) is 17.9. The van der Waals surface area contributed by atoms with E-state index in [0.717, 1.165) is 56.9 Å². The Morgan fingerprint density at radius 3 is 2.68 bits per heavy atom. The third-order valence-corrected chi connectivity index (χ3v) is 5.38. The molecule has 2 aliphatic heterocycles. The molecule has 0 amide bonds. The molecule has 1 unspecified atom stereocenters. The maximum absolute atomic E-state index is 12.2. The van der Waals surface area contributed by atoms with Gasteiger partial charge in [-0.2, -0.15) is 13.2 Å². The van der Waals surface area contributed by atoms with Crippen LogP contribution in [0.5, 0.6) is 5.88 Å². The van der Waals surface area contributed by atoms with Crippen LogP contribution in [0.3, 0.4) is 0 Å². The maximum Gasteiger partial charge on any atom is 0.422 e. The Morgan fingerprint density at radius 2 is 2.06 bits per heavy atom. The van der Waals surface area contributed by atoms with E-state index in [9.17, 15) is 13.2 Å². The lowest BCUT2D eigenvalue weighted by atomic mass is 10.1. The molecule has 0 saturated carbocycles. The number of halogens is 3. The molecule has 0 aliphatic carbocycles. The first-order chi connectivity index (χ1) is 14.9. The highest BCUT2D eigenvalue weighted by atomic mass is 19.4. The summed E-state index contributed by atoms with van der Waals surface area (Å²) in [5.74, 6) is 0.734. The first-order valence-corrected chi connectivity index (χ1v) is 10.8. The molecule has 0 spiro atoms. The van der Waals surface area contributed by atoms with Gasteiger partial charge in [-0.05, 0) is 37.7 Å². The number of pyridine rings is 1. The Balaban J connectivity index is 1.37. The molecule has 0 radical (unpaired) electrons. The van der Waals surface area contributed by atoms with Crippen molar-refractivity contribution in [3.8, 4) is 5.88 Å². The van der Waals surface area contributed by atoms with Crippen molar-refractivity contribution in [2.24, 2.45) is 4.99 Å². The van der Waals surface area contributed by atoms with Gasteiger partial charge in [-0.25, -0.2) is 4.98 Å². The predicted molar refractivity (Wildman–Crippen MR) is 110 cm³/mol. The van der Waals surface area contributed by atoms with Crippen molar-refractivity contribution in [3.63, 3.8) is 0 Å². The summed E-state index contributed by atoms with van der Waals surface area (Å²) in [6.07, 6.45) is 2.91. The van der Waals surface area contributed by atoms with Crippen molar-refractivity contribution >= 4 is 5.96 Å². The van der Waals surface area contributed by atoms with E-state index in [4.69, 9.17) is 9.47 Å². The largest absolute Gasteiger partial charge is 0.468 e. The van der Waals surface area contributed by atoms with Gasteiger partial charge >= 0.3 is 6.18 Å². The van der Waals surface area contributed by atoms with Gasteiger partial charge in [0.15, 0.2) is 12.6 Å². The highest BCUT2D eigenvalue weighted by Crippen LogP contribution is 2.19. The zero-order valence-electron chi connectivity index (χ0n) is 17.9. The predicted octanol–water partition coefficient (Wildman–Crippen LogP) is 3.15. The minimum absolute atomic E-state index is 0.0499. The number of ether oxygens (including phenoxy) is 3. The first kappa shape index (κ1) is 23.6. The average molecular weight is 444 g/mol. The summed E-state index contributed by atoms with van der Waals surface area (Å²) in [5.41, 5.74) is 0.825. The lowest BCUT2D eigenvalue weighted by Crippen LogP contribution is -2.47. The Bertz CT molecular complexity index is 686. The van der Waals surface area contributed by atoms with E-state index in [-0.39, 0.29) is 18.1 Å². The lowest BCUT2D eigenvalue weighted by Gasteiger charge is -2.35. The summed E-state index contributed by atoms with van der Waals surface area (Å²) in [4.78, 5) is 10.5. The number of nitrogens with zero attached hydrogens (tertiary/aromatic N) is 3. The van der Waals surface area contributed by atoms with Crippen molar-refractivity contribution in [2.45, 2.75) is 57.0 Å². The van der Waals surface area contributed by atoms with Crippen LogP contribution in [0.2, 0.25) is 0 Å². The monoisotopic (exact) mass is 444 g/mol. The third-order valence-electron chi connectivity index (χ3n) is 5.38. The van der Waals surface area contributed by atoms with Gasteiger partial charge < -0.3 is 24.4 Å². The van der Waals surface area contributed by atoms with Crippen molar-refractivity contribution < 1.29 is 27.4 Å². The van der Waals surface area contributed by atoms with Crippen molar-refractivity contribution in [3.05, 3.63) is 23.9 Å². The summed E-state index contributed by atoms with van der Waals surface area (Å²) in [7, 11) is 1.73. The van der Waals surface area contributed by atoms with Crippen molar-refractivity contribution in [1.29, 1.82) is 0 Å². The molecule has 1 aromatic heterocycles. The number of piperidine rings is 1. The highest BCUT2D eigenvalue weighted by molar-refractivity contribution is 5.79. The normalized spacial score (nSPS) is 21.2. The maximum atomic E-state index is 12.2. The van der Waals surface area contributed by atoms with Crippen LogP contribution in [0.15, 0.2) is 23.3 Å². The summed E-state index contributed by atoms with van der Waals surface area (Å²) in [6.45, 7) is 2.32. The number of alkyl halides is 3. The van der Waals surface area contributed by atoms with E-state index < -0.39 is 12.8 Å². The number of hydrogen-bond donors (Lipinski definition) is 1. The van der Waals surface area contributed by atoms with Crippen LogP contribution in [0.4, 0.5) is 13.2 Å². The zero-order chi connectivity index (χ0) is 22.1. The second-order valence-electron chi connectivity index (χ2n) is 7.82. The topological polar surface area (TPSA) is 68.2 Å². The second kappa shape index (κ2) is 11.5. The molecule has 1 atom stereocenters. The Labute approximate surface area is 181 Å². The van der Waals surface area contributed by atoms with E-state index in [0.29, 0.717) is 13.2 Å². The van der Waals surface area contributed by atoms with Gasteiger partial charge in [0.1, 0.15) is 0 Å². The number of aliphatic imine (C=N–C) groups is 1. The molecule has 7 nitrogen and oxygen atoms in total. The molecule has 2 aliphatic rings. The quantitative estimate of drug-likeness (QED) is 0.515. The van der Waals surface area contributed by atoms with E-state index in [1.165, 1.54) is 18.7 Å². The van der Waals surface area contributed by atoms with Crippen LogP contribution in [-0.2, 0) is 16.0 Å². The second-order valence-corrected chi connectivity index (χ2v) is 7.82. The van der Waals surface area contributed by atoms with E-state index in [1.54, 1.807) is 13.1 Å². The molecule has 2 saturated heterocycles. The van der Waals surface area contributed by atoms with E-state index in [1.807, 2.05) is 0 Å². The number of guanidine groups is 1. The van der Waals surface area contributed by atoms with Gasteiger partial charge in [-0.3, -0.25) is 4.99 Å². The number of hydrogen-bond acceptors (Lipinski definition) is 5. The molecule has 1 aromatic rings. The first-order valence-electron chi connectivity index (χ1n) is 10.8. The van der Waals surface area contributed by atoms with Crippen LogP contribution in [0.1, 0.15) is 37.7 Å². The lowest BCUT2D eigenvalue weighted by molar-refractivity contribution is -0.154. The Morgan fingerprint density at radius 1 is 1.26 bits per heavy atom. The smallest absolute Gasteiger partial charge is 0.422 e. The van der Waals surface area contributed by atoms with Gasteiger partial charge in [0, 0.05) is 45.6 Å². The molecular weight excluding hydrogens is 413 g/mol. The Kier molecular flexibility index (Phi) is 8.77. The van der Waals surface area contributed by atoms with Crippen molar-refractivity contribution in [2.75, 3.05) is 40.0 Å². The summed E-state index contributed by atoms with van der Waals surface area (Å²) in [5, 5.41) is 3.28. The van der Waals surface area contributed by atoms with Gasteiger partial charge in [-0.15, -0.1) is 0 Å². The summed E-state index contributed by atoms with van der Waals surface area (Å²) >= 11 is 0. The molecule has 2 fully saturated rings. The van der Waals surface area contributed by atoms with Crippen LogP contribution in [0.25, 0.3) is 0 Å².